The number of methoxy groups -OCH3 is 1. The van der Waals surface area contributed by atoms with Gasteiger partial charge in [-0.2, -0.15) is 0 Å². The van der Waals surface area contributed by atoms with Crippen molar-refractivity contribution in [2.75, 3.05) is 13.7 Å². The highest BCUT2D eigenvalue weighted by Gasteiger charge is 2.16. The van der Waals surface area contributed by atoms with Gasteiger partial charge in [0.05, 0.1) is 22.3 Å². The van der Waals surface area contributed by atoms with E-state index in [0.717, 1.165) is 11.2 Å². The van der Waals surface area contributed by atoms with Crippen LogP contribution in [0.15, 0.2) is 36.5 Å². The molecule has 0 spiro atoms. The van der Waals surface area contributed by atoms with Crippen molar-refractivity contribution in [3.8, 4) is 5.75 Å². The number of aryl methyl sites for hydroxylation is 2. The molecule has 0 saturated heterocycles. The van der Waals surface area contributed by atoms with E-state index < -0.39 is 0 Å². The first-order valence-corrected chi connectivity index (χ1v) is 8.30. The third-order valence-electron chi connectivity index (χ3n) is 4.32. The smallest absolute Gasteiger partial charge is 0.138 e. The van der Waals surface area contributed by atoms with Crippen LogP contribution >= 0.6 is 11.6 Å². The van der Waals surface area contributed by atoms with Crippen molar-refractivity contribution < 1.29 is 9.47 Å². The first kappa shape index (κ1) is 16.8. The number of para-hydroxylation sites is 1. The van der Waals surface area contributed by atoms with Gasteiger partial charge in [-0.1, -0.05) is 23.7 Å². The SMILES string of the molecule is COC(COc1ccccc1Cl)Cc1nccc2c(C)c(C)[nH]c12. The Morgan fingerprint density at radius 3 is 2.75 bits per heavy atom. The van der Waals surface area contributed by atoms with E-state index in [1.54, 1.807) is 7.11 Å². The van der Waals surface area contributed by atoms with Crippen LogP contribution in [-0.4, -0.2) is 29.8 Å². The van der Waals surface area contributed by atoms with Crippen molar-refractivity contribution in [2.24, 2.45) is 0 Å². The van der Waals surface area contributed by atoms with Gasteiger partial charge in [0.1, 0.15) is 12.4 Å². The zero-order valence-corrected chi connectivity index (χ0v) is 14.9. The molecule has 1 unspecified atom stereocenters. The lowest BCUT2D eigenvalue weighted by Crippen LogP contribution is -2.23. The van der Waals surface area contributed by atoms with E-state index >= 15 is 0 Å². The summed E-state index contributed by atoms with van der Waals surface area (Å²) in [6, 6.07) is 9.48. The van der Waals surface area contributed by atoms with E-state index in [-0.39, 0.29) is 6.10 Å². The fourth-order valence-electron chi connectivity index (χ4n) is 2.77. The van der Waals surface area contributed by atoms with Gasteiger partial charge in [0.2, 0.25) is 0 Å². The standard InChI is InChI=1S/C19H21ClN2O2/c1-12-13(2)22-19-15(12)8-9-21-17(19)10-14(23-3)11-24-18-7-5-4-6-16(18)20/h4-9,14,22H,10-11H2,1-3H3. The minimum Gasteiger partial charge on any atom is -0.489 e. The largest absolute Gasteiger partial charge is 0.489 e. The summed E-state index contributed by atoms with van der Waals surface area (Å²) in [5.74, 6) is 0.666. The first-order valence-electron chi connectivity index (χ1n) is 7.93. The molecule has 0 bridgehead atoms. The monoisotopic (exact) mass is 344 g/mol. The lowest BCUT2D eigenvalue weighted by molar-refractivity contribution is 0.0580. The maximum absolute atomic E-state index is 6.13. The minimum absolute atomic E-state index is 0.108. The zero-order chi connectivity index (χ0) is 17.1. The van der Waals surface area contributed by atoms with Crippen molar-refractivity contribution in [3.63, 3.8) is 0 Å². The van der Waals surface area contributed by atoms with Gasteiger partial charge in [0.25, 0.3) is 0 Å². The molecule has 0 aliphatic heterocycles. The Hall–Kier alpha value is -2.04. The number of nitrogens with zero attached hydrogens (tertiary/aromatic N) is 1. The summed E-state index contributed by atoms with van der Waals surface area (Å²) in [5, 5.41) is 1.81. The van der Waals surface area contributed by atoms with Crippen LogP contribution in [0.1, 0.15) is 17.0 Å². The molecule has 3 aromatic rings. The highest BCUT2D eigenvalue weighted by molar-refractivity contribution is 6.32. The quantitative estimate of drug-likeness (QED) is 0.717. The molecule has 126 valence electrons. The Balaban J connectivity index is 1.76. The molecule has 0 aliphatic carbocycles. The zero-order valence-electron chi connectivity index (χ0n) is 14.1. The van der Waals surface area contributed by atoms with Crippen molar-refractivity contribution in [3.05, 3.63) is 58.5 Å². The van der Waals surface area contributed by atoms with E-state index in [4.69, 9.17) is 21.1 Å². The van der Waals surface area contributed by atoms with Crippen molar-refractivity contribution in [1.82, 2.24) is 9.97 Å². The number of fused-ring (bicyclic) bond motifs is 1. The van der Waals surface area contributed by atoms with Crippen LogP contribution in [0.25, 0.3) is 10.9 Å². The molecular formula is C19H21ClN2O2. The second kappa shape index (κ2) is 7.24. The maximum atomic E-state index is 6.13. The fourth-order valence-corrected chi connectivity index (χ4v) is 2.96. The number of hydrogen-bond donors (Lipinski definition) is 1. The van der Waals surface area contributed by atoms with Gasteiger partial charge >= 0.3 is 0 Å². The summed E-state index contributed by atoms with van der Waals surface area (Å²) in [6.07, 6.45) is 2.40. The molecule has 2 aromatic heterocycles. The molecule has 1 aromatic carbocycles. The molecule has 0 fully saturated rings. The molecule has 3 rings (SSSR count). The van der Waals surface area contributed by atoms with Crippen LogP contribution in [0.5, 0.6) is 5.75 Å². The van der Waals surface area contributed by atoms with E-state index in [9.17, 15) is 0 Å². The average molecular weight is 345 g/mol. The van der Waals surface area contributed by atoms with Gasteiger partial charge in [-0.05, 0) is 37.6 Å². The van der Waals surface area contributed by atoms with Crippen LogP contribution in [0.4, 0.5) is 0 Å². The molecule has 2 heterocycles. The Kier molecular flexibility index (Phi) is 5.07. The van der Waals surface area contributed by atoms with E-state index in [0.29, 0.717) is 23.8 Å². The van der Waals surface area contributed by atoms with E-state index in [2.05, 4.69) is 23.8 Å². The van der Waals surface area contributed by atoms with Crippen LogP contribution in [0, 0.1) is 13.8 Å². The Morgan fingerprint density at radius 1 is 1.21 bits per heavy atom. The topological polar surface area (TPSA) is 47.1 Å². The second-order valence-electron chi connectivity index (χ2n) is 5.86. The van der Waals surface area contributed by atoms with Gasteiger partial charge < -0.3 is 14.5 Å². The molecular weight excluding hydrogens is 324 g/mol. The number of nitrogens with one attached hydrogen (secondary N) is 1. The summed E-state index contributed by atoms with van der Waals surface area (Å²) in [4.78, 5) is 7.96. The summed E-state index contributed by atoms with van der Waals surface area (Å²) >= 11 is 6.13. The Labute approximate surface area is 146 Å². The lowest BCUT2D eigenvalue weighted by Gasteiger charge is -2.17. The number of benzene rings is 1. The highest BCUT2D eigenvalue weighted by Crippen LogP contribution is 2.25. The van der Waals surface area contributed by atoms with Crippen molar-refractivity contribution in [2.45, 2.75) is 26.4 Å². The highest BCUT2D eigenvalue weighted by atomic mass is 35.5. The molecule has 5 heteroatoms. The van der Waals surface area contributed by atoms with Crippen LogP contribution in [0.2, 0.25) is 5.02 Å². The second-order valence-corrected chi connectivity index (χ2v) is 6.27. The predicted molar refractivity (Wildman–Crippen MR) is 97.0 cm³/mol. The summed E-state index contributed by atoms with van der Waals surface area (Å²) in [6.45, 7) is 4.61. The van der Waals surface area contributed by atoms with E-state index in [1.807, 2.05) is 36.5 Å². The molecule has 24 heavy (non-hydrogen) atoms. The number of rotatable bonds is 6. The maximum Gasteiger partial charge on any atom is 0.138 e. The first-order chi connectivity index (χ1) is 11.6. The molecule has 0 radical (unpaired) electrons. The number of aromatic nitrogens is 2. The van der Waals surface area contributed by atoms with Crippen LogP contribution < -0.4 is 4.74 Å². The lowest BCUT2D eigenvalue weighted by atomic mass is 10.1. The van der Waals surface area contributed by atoms with Crippen molar-refractivity contribution in [1.29, 1.82) is 0 Å². The Morgan fingerprint density at radius 2 is 2.00 bits per heavy atom. The number of H-pyrrole nitrogens is 1. The number of hydrogen-bond acceptors (Lipinski definition) is 3. The molecule has 1 atom stereocenters. The summed E-state index contributed by atoms with van der Waals surface area (Å²) < 4.78 is 11.4. The van der Waals surface area contributed by atoms with Gasteiger partial charge in [-0.15, -0.1) is 0 Å². The number of ether oxygens (including phenoxy) is 2. The molecule has 4 nitrogen and oxygen atoms in total. The summed E-state index contributed by atoms with van der Waals surface area (Å²) in [5.41, 5.74) is 4.49. The number of aromatic amines is 1. The van der Waals surface area contributed by atoms with Gasteiger partial charge in [-0.25, -0.2) is 0 Å². The van der Waals surface area contributed by atoms with Gasteiger partial charge in [0.15, 0.2) is 0 Å². The van der Waals surface area contributed by atoms with Gasteiger partial charge in [-0.3, -0.25) is 4.98 Å². The Bertz CT molecular complexity index is 844. The van der Waals surface area contributed by atoms with Crippen LogP contribution in [0.3, 0.4) is 0 Å². The normalized spacial score (nSPS) is 12.5. The van der Waals surface area contributed by atoms with Gasteiger partial charge in [0, 0.05) is 30.8 Å². The average Bonchev–Trinajstić information content (AvgIpc) is 2.88. The van der Waals surface area contributed by atoms with E-state index in [1.165, 1.54) is 16.6 Å². The molecule has 1 N–H and O–H groups in total. The van der Waals surface area contributed by atoms with Crippen LogP contribution in [-0.2, 0) is 11.2 Å². The number of pyridine rings is 1. The third kappa shape index (κ3) is 3.40. The fraction of sp³-hybridized carbons (Fsp3) is 0.316. The predicted octanol–water partition coefficient (Wildman–Crippen LogP) is 4.47. The number of halogens is 1. The minimum atomic E-state index is -0.108. The molecule has 0 saturated carbocycles. The molecule has 0 aliphatic rings. The summed E-state index contributed by atoms with van der Waals surface area (Å²) in [7, 11) is 1.69. The molecule has 0 amide bonds. The van der Waals surface area contributed by atoms with Crippen molar-refractivity contribution >= 4 is 22.5 Å². The third-order valence-corrected chi connectivity index (χ3v) is 4.64.